The quantitative estimate of drug-likeness (QED) is 0.419. The summed E-state index contributed by atoms with van der Waals surface area (Å²) in [7, 11) is 0. The second kappa shape index (κ2) is 8.26. The van der Waals surface area contributed by atoms with Crippen LogP contribution in [0.25, 0.3) is 16.5 Å². The third-order valence-electron chi connectivity index (χ3n) is 6.87. The molecule has 3 aliphatic rings. The van der Waals surface area contributed by atoms with Crippen molar-refractivity contribution in [2.24, 2.45) is 0 Å². The van der Waals surface area contributed by atoms with Crippen LogP contribution in [0.1, 0.15) is 66.7 Å². The molecule has 178 valence electrons. The number of carbonyl (C=O) groups is 1. The van der Waals surface area contributed by atoms with Gasteiger partial charge in [0.15, 0.2) is 10.8 Å². The van der Waals surface area contributed by atoms with E-state index in [1.54, 1.807) is 6.33 Å². The summed E-state index contributed by atoms with van der Waals surface area (Å²) in [6.07, 6.45) is 14.5. The van der Waals surface area contributed by atoms with Crippen molar-refractivity contribution in [1.82, 2.24) is 34.3 Å². The lowest BCUT2D eigenvalue weighted by Crippen LogP contribution is -2.21. The van der Waals surface area contributed by atoms with Crippen molar-refractivity contribution in [2.45, 2.75) is 50.5 Å². The number of anilines is 2. The summed E-state index contributed by atoms with van der Waals surface area (Å²) in [4.78, 5) is 29.2. The summed E-state index contributed by atoms with van der Waals surface area (Å²) in [5.74, 6) is 1.52. The molecular weight excluding hydrogens is 462 g/mol. The van der Waals surface area contributed by atoms with Gasteiger partial charge in [0.2, 0.25) is 0 Å². The van der Waals surface area contributed by atoms with E-state index in [-0.39, 0.29) is 5.91 Å². The van der Waals surface area contributed by atoms with Gasteiger partial charge in [-0.3, -0.25) is 4.79 Å². The molecule has 0 spiro atoms. The van der Waals surface area contributed by atoms with E-state index in [1.807, 2.05) is 28.5 Å². The number of pyridine rings is 1. The number of rotatable bonds is 7. The maximum atomic E-state index is 13.2. The molecule has 4 aromatic heterocycles. The summed E-state index contributed by atoms with van der Waals surface area (Å²) in [5.41, 5.74) is 3.44. The van der Waals surface area contributed by atoms with E-state index < -0.39 is 0 Å². The number of amides is 1. The van der Waals surface area contributed by atoms with Gasteiger partial charge in [0.25, 0.3) is 5.91 Å². The molecule has 0 atom stereocenters. The Morgan fingerprint density at radius 2 is 1.91 bits per heavy atom. The Kier molecular flexibility index (Phi) is 4.90. The molecule has 1 aliphatic heterocycles. The predicted molar refractivity (Wildman–Crippen MR) is 132 cm³/mol. The fraction of sp³-hybridized carbons (Fsp3) is 0.417. The first-order valence-electron chi connectivity index (χ1n) is 12.2. The highest BCUT2D eigenvalue weighted by Gasteiger charge is 2.28. The molecule has 0 aromatic carbocycles. The van der Waals surface area contributed by atoms with Crippen LogP contribution in [-0.2, 0) is 0 Å². The number of carbonyl (C=O) groups excluding carboxylic acids is 1. The van der Waals surface area contributed by atoms with E-state index in [4.69, 9.17) is 0 Å². The molecule has 5 heterocycles. The molecule has 35 heavy (non-hydrogen) atoms. The molecule has 7 rings (SSSR count). The van der Waals surface area contributed by atoms with E-state index in [1.165, 1.54) is 37.0 Å². The maximum absolute atomic E-state index is 13.2. The Morgan fingerprint density at radius 3 is 2.71 bits per heavy atom. The van der Waals surface area contributed by atoms with Gasteiger partial charge in [-0.1, -0.05) is 0 Å². The third-order valence-corrected chi connectivity index (χ3v) is 7.71. The minimum Gasteiger partial charge on any atom is -0.369 e. The molecule has 2 saturated carbocycles. The first-order chi connectivity index (χ1) is 17.2. The lowest BCUT2D eigenvalue weighted by Gasteiger charge is -2.21. The van der Waals surface area contributed by atoms with Gasteiger partial charge in [-0.15, -0.1) is 21.5 Å². The molecule has 0 radical (unpaired) electrons. The summed E-state index contributed by atoms with van der Waals surface area (Å²) in [6.45, 7) is 1.99. The lowest BCUT2D eigenvalue weighted by molar-refractivity contribution is 0.102. The molecule has 4 aromatic rings. The Labute approximate surface area is 206 Å². The van der Waals surface area contributed by atoms with Crippen molar-refractivity contribution < 1.29 is 4.79 Å². The predicted octanol–water partition coefficient (Wildman–Crippen LogP) is 4.05. The van der Waals surface area contributed by atoms with Crippen LogP contribution in [0.2, 0.25) is 0 Å². The van der Waals surface area contributed by atoms with Gasteiger partial charge >= 0.3 is 0 Å². The van der Waals surface area contributed by atoms with Crippen molar-refractivity contribution in [3.05, 3.63) is 47.9 Å². The molecule has 1 N–H and O–H groups in total. The highest BCUT2D eigenvalue weighted by atomic mass is 32.1. The van der Waals surface area contributed by atoms with E-state index in [0.29, 0.717) is 23.5 Å². The number of hydrogen-bond acceptors (Lipinski definition) is 8. The van der Waals surface area contributed by atoms with Crippen molar-refractivity contribution in [3.8, 4) is 16.5 Å². The van der Waals surface area contributed by atoms with E-state index in [0.717, 1.165) is 53.8 Å². The zero-order valence-electron chi connectivity index (χ0n) is 19.2. The molecule has 1 saturated heterocycles. The van der Waals surface area contributed by atoms with Crippen LogP contribution in [0.5, 0.6) is 0 Å². The van der Waals surface area contributed by atoms with Crippen molar-refractivity contribution in [2.75, 3.05) is 23.3 Å². The first-order valence-corrected chi connectivity index (χ1v) is 13.1. The summed E-state index contributed by atoms with van der Waals surface area (Å²) in [5, 5.41) is 13.8. The second-order valence-electron chi connectivity index (χ2n) is 9.52. The molecule has 1 amide bonds. The number of nitrogens with zero attached hydrogens (tertiary/aromatic N) is 8. The largest absolute Gasteiger partial charge is 0.369 e. The van der Waals surface area contributed by atoms with Gasteiger partial charge in [0.05, 0.1) is 29.6 Å². The van der Waals surface area contributed by atoms with Gasteiger partial charge in [-0.05, 0) is 44.6 Å². The zero-order chi connectivity index (χ0) is 23.4. The topological polar surface area (TPSA) is 107 Å². The van der Waals surface area contributed by atoms with Crippen LogP contribution >= 0.6 is 11.3 Å². The summed E-state index contributed by atoms with van der Waals surface area (Å²) >= 11 is 1.45. The molecule has 11 heteroatoms. The van der Waals surface area contributed by atoms with Crippen molar-refractivity contribution >= 4 is 28.7 Å². The van der Waals surface area contributed by atoms with Crippen LogP contribution in [0.15, 0.2) is 36.5 Å². The van der Waals surface area contributed by atoms with E-state index in [9.17, 15) is 4.79 Å². The van der Waals surface area contributed by atoms with Crippen molar-refractivity contribution in [3.63, 3.8) is 0 Å². The first kappa shape index (κ1) is 20.7. The van der Waals surface area contributed by atoms with Crippen LogP contribution in [0.3, 0.4) is 0 Å². The number of hydrogen-bond donors (Lipinski definition) is 1. The van der Waals surface area contributed by atoms with Crippen LogP contribution in [-0.4, -0.2) is 53.3 Å². The van der Waals surface area contributed by atoms with E-state index in [2.05, 4.69) is 46.1 Å². The minimum absolute atomic E-state index is 0.290. The van der Waals surface area contributed by atoms with Gasteiger partial charge in [-0.25, -0.2) is 15.0 Å². The Morgan fingerprint density at radius 1 is 1.06 bits per heavy atom. The van der Waals surface area contributed by atoms with Gasteiger partial charge in [0, 0.05) is 36.6 Å². The Bertz CT molecular complexity index is 1390. The van der Waals surface area contributed by atoms with Gasteiger partial charge < -0.3 is 19.4 Å². The summed E-state index contributed by atoms with van der Waals surface area (Å²) < 4.78 is 4.10. The molecule has 2 aliphatic carbocycles. The average molecular weight is 488 g/mol. The van der Waals surface area contributed by atoms with Crippen LogP contribution in [0.4, 0.5) is 11.5 Å². The Hall–Kier alpha value is -3.60. The third kappa shape index (κ3) is 3.99. The monoisotopic (exact) mass is 487 g/mol. The fourth-order valence-corrected chi connectivity index (χ4v) is 5.40. The normalized spacial score (nSPS) is 17.8. The smallest absolute Gasteiger partial charge is 0.275 e. The lowest BCUT2D eigenvalue weighted by atomic mass is 10.2. The number of nitrogens with one attached hydrogen (secondary N) is 1. The number of thiazole rings is 1. The van der Waals surface area contributed by atoms with Gasteiger partial charge in [0.1, 0.15) is 17.8 Å². The van der Waals surface area contributed by atoms with Crippen molar-refractivity contribution in [1.29, 1.82) is 0 Å². The fourth-order valence-electron chi connectivity index (χ4n) is 4.66. The molecule has 10 nitrogen and oxygen atoms in total. The zero-order valence-corrected chi connectivity index (χ0v) is 20.0. The van der Waals surface area contributed by atoms with E-state index >= 15 is 0 Å². The average Bonchev–Trinajstić information content (AvgIpc) is 3.61. The highest BCUT2D eigenvalue weighted by Crippen LogP contribution is 2.40. The van der Waals surface area contributed by atoms with Crippen LogP contribution < -0.4 is 10.2 Å². The maximum Gasteiger partial charge on any atom is 0.275 e. The standard InChI is InChI=1S/C24H25N9OS/c34-23(28-21-12-35-24(29-21)22-30-27-14-33(22)16-5-6-16)17-9-19(20(10-25-17)31-7-1-2-8-31)32-11-18(26-13-32)15-3-4-15/h9-16H,1-8H2,(H,28,34). The van der Waals surface area contributed by atoms with Gasteiger partial charge in [-0.2, -0.15) is 0 Å². The van der Waals surface area contributed by atoms with Crippen LogP contribution in [0, 0.1) is 0 Å². The second-order valence-corrected chi connectivity index (χ2v) is 10.4. The molecule has 3 fully saturated rings. The molecular formula is C24H25N9OS. The number of imidazole rings is 1. The molecule has 0 bridgehead atoms. The summed E-state index contributed by atoms with van der Waals surface area (Å²) in [6, 6.07) is 2.32. The minimum atomic E-state index is -0.290. The number of aromatic nitrogens is 7. The Balaban J connectivity index is 1.16. The SMILES string of the molecule is O=C(Nc1csc(-c2nncn2C2CC2)n1)c1cc(-n2cnc(C3CC3)c2)c(N2CCCC2)cn1. The highest BCUT2D eigenvalue weighted by molar-refractivity contribution is 7.13. The molecule has 0 unspecified atom stereocenters.